The van der Waals surface area contributed by atoms with E-state index in [-0.39, 0.29) is 18.6 Å². The van der Waals surface area contributed by atoms with Crippen molar-refractivity contribution in [3.63, 3.8) is 0 Å². The van der Waals surface area contributed by atoms with Crippen molar-refractivity contribution >= 4 is 6.03 Å². The number of halogens is 1. The van der Waals surface area contributed by atoms with Gasteiger partial charge in [-0.1, -0.05) is 0 Å². The zero-order valence-electron chi connectivity index (χ0n) is 7.35. The third-order valence-corrected chi connectivity index (χ3v) is 2.12. The van der Waals surface area contributed by atoms with E-state index in [0.29, 0.717) is 19.6 Å². The third-order valence-electron chi connectivity index (χ3n) is 2.12. The Morgan fingerprint density at radius 2 is 2.50 bits per heavy atom. The molecule has 2 amide bonds. The van der Waals surface area contributed by atoms with Gasteiger partial charge in [0.2, 0.25) is 0 Å². The maximum absolute atomic E-state index is 12.2. The highest BCUT2D eigenvalue weighted by atomic mass is 19.1. The average Bonchev–Trinajstić information content (AvgIpc) is 2.52. The predicted molar refractivity (Wildman–Crippen MR) is 44.7 cm³/mol. The number of nitrogens with zero attached hydrogens (tertiary/aromatic N) is 1. The fraction of sp³-hybridized carbons (Fsp3) is 0.875. The number of hydrogen-bond acceptors (Lipinski definition) is 1. The minimum Gasteiger partial charge on any atom is -0.338 e. The molecule has 1 aliphatic rings. The summed E-state index contributed by atoms with van der Waals surface area (Å²) in [7, 11) is 0. The largest absolute Gasteiger partial charge is 0.338 e. The Bertz CT molecular complexity index is 163. The van der Waals surface area contributed by atoms with Gasteiger partial charge in [-0.15, -0.1) is 0 Å². The van der Waals surface area contributed by atoms with Crippen molar-refractivity contribution in [1.29, 1.82) is 0 Å². The summed E-state index contributed by atoms with van der Waals surface area (Å²) >= 11 is 0. The summed E-state index contributed by atoms with van der Waals surface area (Å²) in [6.45, 7) is 3.47. The highest BCUT2D eigenvalue weighted by Gasteiger charge is 2.25. The lowest BCUT2D eigenvalue weighted by molar-refractivity contribution is 0.206. The van der Waals surface area contributed by atoms with Crippen molar-refractivity contribution < 1.29 is 9.18 Å². The summed E-state index contributed by atoms with van der Waals surface area (Å²) in [5.41, 5.74) is 0. The van der Waals surface area contributed by atoms with Gasteiger partial charge in [0.15, 0.2) is 0 Å². The van der Waals surface area contributed by atoms with Gasteiger partial charge >= 0.3 is 6.03 Å². The number of rotatable bonds is 2. The van der Waals surface area contributed by atoms with E-state index in [4.69, 9.17) is 0 Å². The Morgan fingerprint density at radius 1 is 1.75 bits per heavy atom. The Hall–Kier alpha value is -0.800. The molecule has 0 radical (unpaired) electrons. The third kappa shape index (κ3) is 2.09. The van der Waals surface area contributed by atoms with Crippen LogP contribution in [0.3, 0.4) is 0 Å². The van der Waals surface area contributed by atoms with E-state index in [9.17, 15) is 9.18 Å². The normalized spacial score (nSPS) is 22.8. The number of amides is 2. The van der Waals surface area contributed by atoms with Gasteiger partial charge in [0.05, 0.1) is 6.67 Å². The van der Waals surface area contributed by atoms with Gasteiger partial charge < -0.3 is 10.2 Å². The highest BCUT2D eigenvalue weighted by Crippen LogP contribution is 2.15. The number of alkyl halides is 1. The first-order chi connectivity index (χ1) is 5.77. The summed E-state index contributed by atoms with van der Waals surface area (Å²) in [4.78, 5) is 12.9. The van der Waals surface area contributed by atoms with Gasteiger partial charge in [-0.25, -0.2) is 4.79 Å². The zero-order valence-corrected chi connectivity index (χ0v) is 7.35. The SMILES string of the molecule is CCNC(=O)N1CC[C@H](CF)C1. The quantitative estimate of drug-likeness (QED) is 0.665. The minimum atomic E-state index is -0.310. The first kappa shape index (κ1) is 9.29. The van der Waals surface area contributed by atoms with Crippen LogP contribution in [0.4, 0.5) is 9.18 Å². The van der Waals surface area contributed by atoms with Crippen molar-refractivity contribution in [2.45, 2.75) is 13.3 Å². The fourth-order valence-corrected chi connectivity index (χ4v) is 1.41. The molecule has 70 valence electrons. The van der Waals surface area contributed by atoms with Gasteiger partial charge in [-0.05, 0) is 13.3 Å². The van der Waals surface area contributed by atoms with Crippen molar-refractivity contribution in [2.24, 2.45) is 5.92 Å². The predicted octanol–water partition coefficient (Wildman–Crippen LogP) is 1.01. The van der Waals surface area contributed by atoms with Crippen LogP contribution in [-0.2, 0) is 0 Å². The molecule has 0 bridgehead atoms. The topological polar surface area (TPSA) is 32.3 Å². The number of carbonyl (C=O) groups excluding carboxylic acids is 1. The molecule has 3 nitrogen and oxygen atoms in total. The first-order valence-corrected chi connectivity index (χ1v) is 4.36. The second kappa shape index (κ2) is 4.28. The van der Waals surface area contributed by atoms with E-state index in [1.54, 1.807) is 4.90 Å². The maximum atomic E-state index is 12.2. The highest BCUT2D eigenvalue weighted by molar-refractivity contribution is 5.74. The van der Waals surface area contributed by atoms with Crippen LogP contribution in [0.2, 0.25) is 0 Å². The summed E-state index contributed by atoms with van der Waals surface area (Å²) in [5.74, 6) is 0.0626. The Balaban J connectivity index is 2.31. The molecule has 1 saturated heterocycles. The molecule has 0 aromatic carbocycles. The lowest BCUT2D eigenvalue weighted by Gasteiger charge is -2.15. The fourth-order valence-electron chi connectivity index (χ4n) is 1.41. The molecular formula is C8H15FN2O. The van der Waals surface area contributed by atoms with E-state index in [1.165, 1.54) is 0 Å². The molecule has 1 N–H and O–H groups in total. The second-order valence-corrected chi connectivity index (χ2v) is 3.09. The van der Waals surface area contributed by atoms with Gasteiger partial charge in [0, 0.05) is 25.6 Å². The molecule has 0 aromatic heterocycles. The number of carbonyl (C=O) groups is 1. The standard InChI is InChI=1S/C8H15FN2O/c1-2-10-8(12)11-4-3-7(5-9)6-11/h7H,2-6H2,1H3,(H,10,12)/t7-/m1/s1. The Labute approximate surface area is 71.9 Å². The molecule has 4 heteroatoms. The minimum absolute atomic E-state index is 0.0616. The Kier molecular flexibility index (Phi) is 3.31. The summed E-state index contributed by atoms with van der Waals surface area (Å²) in [6, 6.07) is -0.0616. The van der Waals surface area contributed by atoms with Gasteiger partial charge in [0.25, 0.3) is 0 Å². The molecule has 0 spiro atoms. The number of hydrogen-bond donors (Lipinski definition) is 1. The van der Waals surface area contributed by atoms with Crippen molar-refractivity contribution in [3.05, 3.63) is 0 Å². The van der Waals surface area contributed by atoms with Crippen molar-refractivity contribution in [2.75, 3.05) is 26.3 Å². The van der Waals surface area contributed by atoms with E-state index < -0.39 is 0 Å². The lowest BCUT2D eigenvalue weighted by atomic mass is 10.1. The molecular weight excluding hydrogens is 159 g/mol. The molecule has 1 rings (SSSR count). The molecule has 0 unspecified atom stereocenters. The summed E-state index contributed by atoms with van der Waals surface area (Å²) in [5, 5.41) is 2.70. The van der Waals surface area contributed by atoms with E-state index in [0.717, 1.165) is 6.42 Å². The van der Waals surface area contributed by atoms with Crippen molar-refractivity contribution in [1.82, 2.24) is 10.2 Å². The maximum Gasteiger partial charge on any atom is 0.317 e. The van der Waals surface area contributed by atoms with Crippen LogP contribution in [0.5, 0.6) is 0 Å². The van der Waals surface area contributed by atoms with Crippen LogP contribution in [0.1, 0.15) is 13.3 Å². The number of nitrogens with one attached hydrogen (secondary N) is 1. The summed E-state index contributed by atoms with van der Waals surface area (Å²) in [6.07, 6.45) is 0.799. The van der Waals surface area contributed by atoms with Crippen molar-refractivity contribution in [3.8, 4) is 0 Å². The monoisotopic (exact) mass is 174 g/mol. The van der Waals surface area contributed by atoms with Crippen LogP contribution in [0.25, 0.3) is 0 Å². The van der Waals surface area contributed by atoms with Gasteiger partial charge in [-0.2, -0.15) is 0 Å². The molecule has 0 aliphatic carbocycles. The second-order valence-electron chi connectivity index (χ2n) is 3.09. The average molecular weight is 174 g/mol. The molecule has 0 aromatic rings. The zero-order chi connectivity index (χ0) is 8.97. The van der Waals surface area contributed by atoms with E-state index in [2.05, 4.69) is 5.32 Å². The van der Waals surface area contributed by atoms with Crippen LogP contribution < -0.4 is 5.32 Å². The van der Waals surface area contributed by atoms with Crippen LogP contribution in [0, 0.1) is 5.92 Å². The lowest BCUT2D eigenvalue weighted by Crippen LogP contribution is -2.38. The summed E-state index contributed by atoms with van der Waals surface area (Å²) < 4.78 is 12.2. The molecule has 1 fully saturated rings. The molecule has 1 aliphatic heterocycles. The number of urea groups is 1. The van der Waals surface area contributed by atoms with Crippen LogP contribution in [0.15, 0.2) is 0 Å². The number of likely N-dealkylation sites (tertiary alicyclic amines) is 1. The van der Waals surface area contributed by atoms with E-state index in [1.807, 2.05) is 6.92 Å². The first-order valence-electron chi connectivity index (χ1n) is 4.36. The molecule has 1 heterocycles. The van der Waals surface area contributed by atoms with Crippen LogP contribution in [-0.4, -0.2) is 37.2 Å². The molecule has 1 atom stereocenters. The van der Waals surface area contributed by atoms with Crippen LogP contribution >= 0.6 is 0 Å². The Morgan fingerprint density at radius 3 is 3.00 bits per heavy atom. The molecule has 0 saturated carbocycles. The molecule has 12 heavy (non-hydrogen) atoms. The van der Waals surface area contributed by atoms with Gasteiger partial charge in [0.1, 0.15) is 0 Å². The smallest absolute Gasteiger partial charge is 0.317 e. The van der Waals surface area contributed by atoms with E-state index >= 15 is 0 Å². The van der Waals surface area contributed by atoms with Gasteiger partial charge in [-0.3, -0.25) is 4.39 Å².